The second-order valence-corrected chi connectivity index (χ2v) is 4.32. The Morgan fingerprint density at radius 2 is 1.35 bits per heavy atom. The van der Waals surface area contributed by atoms with Gasteiger partial charge in [0.1, 0.15) is 0 Å². The van der Waals surface area contributed by atoms with Crippen LogP contribution >= 0.6 is 0 Å². The van der Waals surface area contributed by atoms with Crippen LogP contribution in [0.1, 0.15) is 20.3 Å². The largest absolute Gasteiger partial charge is 0.387 e. The zero-order valence-corrected chi connectivity index (χ0v) is 13.2. The van der Waals surface area contributed by atoms with Crippen LogP contribution in [0.3, 0.4) is 0 Å². The normalized spacial score (nSPS) is 10.8. The quantitative estimate of drug-likeness (QED) is 0.784. The van der Waals surface area contributed by atoms with E-state index in [9.17, 15) is 5.11 Å². The van der Waals surface area contributed by atoms with Gasteiger partial charge in [-0.25, -0.2) is 0 Å². The van der Waals surface area contributed by atoms with Gasteiger partial charge in [0.15, 0.2) is 0 Å². The van der Waals surface area contributed by atoms with Gasteiger partial charge < -0.3 is 10.8 Å². The Kier molecular flexibility index (Phi) is 11.9. The zero-order chi connectivity index (χ0) is 17.3. The number of hydrogen-bond donors (Lipinski definition) is 2. The maximum absolute atomic E-state index is 9.79. The fourth-order valence-electron chi connectivity index (χ4n) is 1.21. The van der Waals surface area contributed by atoms with Gasteiger partial charge in [0.05, 0.1) is 6.10 Å². The first-order valence-electron chi connectivity index (χ1n) is 6.93. The lowest BCUT2D eigenvalue weighted by Gasteiger charge is -2.20. The lowest BCUT2D eigenvalue weighted by molar-refractivity contribution is 0.162. The summed E-state index contributed by atoms with van der Waals surface area (Å²) in [6.07, 6.45) is 1.58. The third-order valence-electron chi connectivity index (χ3n) is 2.74. The van der Waals surface area contributed by atoms with Crippen molar-refractivity contribution in [3.05, 3.63) is 87.2 Å². The Balaban J connectivity index is 5.33. The van der Waals surface area contributed by atoms with Crippen LogP contribution in [0.2, 0.25) is 0 Å². The van der Waals surface area contributed by atoms with E-state index in [1.165, 1.54) is 6.08 Å². The molecule has 0 aromatic rings. The SMILES string of the molecule is C=C=C=C=C=C=C=C=C=C=C=C=C=C=C[C@H](O)[C@@H](N)[C@@H](C)CC. The molecule has 2 nitrogen and oxygen atoms in total. The molecule has 0 bridgehead atoms. The Hall–Kier alpha value is -3.20. The van der Waals surface area contributed by atoms with Gasteiger partial charge in [0.25, 0.3) is 0 Å². The average molecular weight is 299 g/mol. The molecule has 23 heavy (non-hydrogen) atoms. The van der Waals surface area contributed by atoms with Gasteiger partial charge in [-0.3, -0.25) is 0 Å². The summed E-state index contributed by atoms with van der Waals surface area (Å²) in [6.45, 7) is 7.32. The lowest BCUT2D eigenvalue weighted by Crippen LogP contribution is -2.38. The van der Waals surface area contributed by atoms with E-state index in [1.807, 2.05) is 13.8 Å². The van der Waals surface area contributed by atoms with E-state index in [0.29, 0.717) is 0 Å². The van der Waals surface area contributed by atoms with Crippen LogP contribution in [0.25, 0.3) is 0 Å². The van der Waals surface area contributed by atoms with Crippen LogP contribution in [-0.2, 0) is 0 Å². The van der Waals surface area contributed by atoms with Gasteiger partial charge in [0.2, 0.25) is 0 Å². The smallest absolute Gasteiger partial charge is 0.0954 e. The van der Waals surface area contributed by atoms with E-state index in [2.05, 4.69) is 81.1 Å². The summed E-state index contributed by atoms with van der Waals surface area (Å²) in [5, 5.41) is 9.79. The van der Waals surface area contributed by atoms with Crippen molar-refractivity contribution in [3.8, 4) is 0 Å². The summed E-state index contributed by atoms with van der Waals surface area (Å²) in [7, 11) is 0. The van der Waals surface area contributed by atoms with E-state index in [1.54, 1.807) is 0 Å². The number of aliphatic hydroxyl groups is 1. The second kappa shape index (κ2) is 13.8. The molecule has 0 aromatic heterocycles. The van der Waals surface area contributed by atoms with Crippen molar-refractivity contribution < 1.29 is 5.11 Å². The summed E-state index contributed by atoms with van der Waals surface area (Å²) in [5.74, 6) is 0.225. The number of nitrogens with two attached hydrogens (primary N) is 1. The molecule has 0 unspecified atom stereocenters. The van der Waals surface area contributed by atoms with Crippen LogP contribution in [0.15, 0.2) is 87.2 Å². The molecular weight excluding hydrogens is 282 g/mol. The van der Waals surface area contributed by atoms with Gasteiger partial charge in [-0.15, -0.1) is 0 Å². The fraction of sp³-hybridized carbons (Fsp3) is 0.286. The van der Waals surface area contributed by atoms with Gasteiger partial charge in [-0.1, -0.05) is 31.7 Å². The van der Waals surface area contributed by atoms with Crippen molar-refractivity contribution in [1.29, 1.82) is 0 Å². The molecule has 0 fully saturated rings. The summed E-state index contributed by atoms with van der Waals surface area (Å²) < 4.78 is 0. The molecule has 0 aliphatic heterocycles. The molecule has 3 N–H and O–H groups in total. The Bertz CT molecular complexity index is 886. The molecule has 0 rings (SSSR count). The monoisotopic (exact) mass is 299 g/mol. The van der Waals surface area contributed by atoms with Crippen LogP contribution in [0.4, 0.5) is 0 Å². The zero-order valence-electron chi connectivity index (χ0n) is 13.2. The van der Waals surface area contributed by atoms with Crippen molar-refractivity contribution in [2.45, 2.75) is 32.4 Å². The third kappa shape index (κ3) is 11.2. The van der Waals surface area contributed by atoms with Crippen molar-refractivity contribution in [3.63, 3.8) is 0 Å². The van der Waals surface area contributed by atoms with Gasteiger partial charge in [0, 0.05) is 6.04 Å². The maximum atomic E-state index is 9.79. The minimum absolute atomic E-state index is 0.225. The molecule has 0 aliphatic carbocycles. The molecule has 0 spiro atoms. The molecule has 0 saturated heterocycles. The molecule has 0 heterocycles. The van der Waals surface area contributed by atoms with E-state index < -0.39 is 6.10 Å². The summed E-state index contributed by atoms with van der Waals surface area (Å²) >= 11 is 0. The highest BCUT2D eigenvalue weighted by Gasteiger charge is 2.17. The highest BCUT2D eigenvalue weighted by atomic mass is 16.3. The third-order valence-corrected chi connectivity index (χ3v) is 2.74. The Morgan fingerprint density at radius 3 is 1.78 bits per heavy atom. The molecule has 3 atom stereocenters. The second-order valence-electron chi connectivity index (χ2n) is 4.32. The summed E-state index contributed by atoms with van der Waals surface area (Å²) in [6, 6.07) is -0.326. The van der Waals surface area contributed by atoms with Gasteiger partial charge in [-0.05, 0) is 81.6 Å². The first kappa shape index (κ1) is 19.8. The average Bonchev–Trinajstić information content (AvgIpc) is 2.57. The predicted octanol–water partition coefficient (Wildman–Crippen LogP) is 2.92. The highest BCUT2D eigenvalue weighted by Crippen LogP contribution is 2.09. The van der Waals surface area contributed by atoms with Crippen LogP contribution in [-0.4, -0.2) is 17.3 Å². The fourth-order valence-corrected chi connectivity index (χ4v) is 1.21. The van der Waals surface area contributed by atoms with Crippen molar-refractivity contribution in [2.24, 2.45) is 11.7 Å². The van der Waals surface area contributed by atoms with Gasteiger partial charge in [-0.2, -0.15) is 0 Å². The first-order chi connectivity index (χ1) is 11.1. The molecule has 0 radical (unpaired) electrons. The van der Waals surface area contributed by atoms with Gasteiger partial charge >= 0.3 is 0 Å². The minimum atomic E-state index is -0.767. The van der Waals surface area contributed by atoms with Crippen LogP contribution < -0.4 is 5.73 Å². The molecule has 0 aliphatic rings. The molecule has 0 saturated carbocycles. The van der Waals surface area contributed by atoms with E-state index in [0.717, 1.165) is 6.42 Å². The standard InChI is InChI=1S/C21H17NO/c1-4-6-7-8-9-10-11-12-13-14-15-16-17-18-20(23)21(22)19(3)5-2/h18-21,23H,1,5,22H2,2-3H3/t19-,20-,21-/m0/s1. The molecular formula is C21H17NO. The minimum Gasteiger partial charge on any atom is -0.387 e. The Morgan fingerprint density at radius 1 is 0.913 bits per heavy atom. The summed E-state index contributed by atoms with van der Waals surface area (Å²) in [4.78, 5) is 0. The number of hydrogen-bond acceptors (Lipinski definition) is 2. The molecule has 2 heteroatoms. The molecule has 0 amide bonds. The summed E-state index contributed by atoms with van der Waals surface area (Å²) in [5.41, 5.74) is 38.4. The van der Waals surface area contributed by atoms with Crippen LogP contribution in [0, 0.1) is 5.92 Å². The van der Waals surface area contributed by atoms with Crippen LogP contribution in [0.5, 0.6) is 0 Å². The maximum Gasteiger partial charge on any atom is 0.0954 e. The topological polar surface area (TPSA) is 46.2 Å². The lowest BCUT2D eigenvalue weighted by atomic mass is 9.95. The molecule has 112 valence electrons. The molecule has 0 aromatic carbocycles. The van der Waals surface area contributed by atoms with Crippen molar-refractivity contribution >= 4 is 0 Å². The van der Waals surface area contributed by atoms with Crippen molar-refractivity contribution in [2.75, 3.05) is 0 Å². The van der Waals surface area contributed by atoms with E-state index in [4.69, 9.17) is 5.73 Å². The number of aliphatic hydroxyl groups excluding tert-OH is 1. The first-order valence-corrected chi connectivity index (χ1v) is 6.93. The number of rotatable bonds is 4. The van der Waals surface area contributed by atoms with E-state index >= 15 is 0 Å². The predicted molar refractivity (Wildman–Crippen MR) is 89.3 cm³/mol. The Labute approximate surface area is 137 Å². The van der Waals surface area contributed by atoms with E-state index in [-0.39, 0.29) is 12.0 Å². The highest BCUT2D eigenvalue weighted by molar-refractivity contribution is 4.96. The van der Waals surface area contributed by atoms with Crippen molar-refractivity contribution in [1.82, 2.24) is 0 Å².